The summed E-state index contributed by atoms with van der Waals surface area (Å²) in [6, 6.07) is 8.30. The molecule has 202 valence electrons. The van der Waals surface area contributed by atoms with Crippen LogP contribution in [0.3, 0.4) is 0 Å². The summed E-state index contributed by atoms with van der Waals surface area (Å²) in [5.74, 6) is -0.360. The number of likely N-dealkylation sites (tertiary alicyclic amines) is 1. The van der Waals surface area contributed by atoms with Gasteiger partial charge in [-0.05, 0) is 66.1 Å². The molecule has 2 aliphatic rings. The minimum Gasteiger partial charge on any atom is -0.395 e. The number of carbonyl (C=O) groups excluding carboxylic acids is 2. The molecule has 0 radical (unpaired) electrons. The van der Waals surface area contributed by atoms with Gasteiger partial charge in [0, 0.05) is 54.7 Å². The molecule has 0 unspecified atom stereocenters. The van der Waals surface area contributed by atoms with Gasteiger partial charge in [0.1, 0.15) is 0 Å². The lowest BCUT2D eigenvalue weighted by molar-refractivity contribution is -0.138. The normalized spacial score (nSPS) is 18.4. The Balaban J connectivity index is 1.47. The number of nitrogens with zero attached hydrogens (tertiary/aromatic N) is 2. The summed E-state index contributed by atoms with van der Waals surface area (Å²) in [6.45, 7) is 1.89. The first-order valence-corrected chi connectivity index (χ1v) is 13.1. The van der Waals surface area contributed by atoms with Crippen LogP contribution in [0.15, 0.2) is 41.3 Å². The van der Waals surface area contributed by atoms with Crippen LogP contribution >= 0.6 is 23.4 Å². The maximum Gasteiger partial charge on any atom is 0.416 e. The Kier molecular flexibility index (Phi) is 8.81. The van der Waals surface area contributed by atoms with E-state index in [1.165, 1.54) is 17.0 Å². The first-order valence-electron chi connectivity index (χ1n) is 11.9. The molecule has 2 fully saturated rings. The highest BCUT2D eigenvalue weighted by Gasteiger charge is 2.40. The maximum atomic E-state index is 13.4. The largest absolute Gasteiger partial charge is 0.416 e. The molecule has 12 heteroatoms. The van der Waals surface area contributed by atoms with Crippen molar-refractivity contribution in [2.45, 2.75) is 31.6 Å². The number of imide groups is 1. The molecule has 2 aromatic carbocycles. The first kappa shape index (κ1) is 28.2. The number of β-amino-alcohol motifs (C(OH)–C–C–N with tert-alkyl or cyclic N) is 1. The van der Waals surface area contributed by atoms with Crippen molar-refractivity contribution in [3.63, 3.8) is 0 Å². The van der Waals surface area contributed by atoms with Gasteiger partial charge in [-0.15, -0.1) is 0 Å². The highest BCUT2D eigenvalue weighted by molar-refractivity contribution is 8.18. The maximum absolute atomic E-state index is 13.4. The Morgan fingerprint density at radius 2 is 1.89 bits per heavy atom. The van der Waals surface area contributed by atoms with Gasteiger partial charge in [0.05, 0.1) is 17.1 Å². The van der Waals surface area contributed by atoms with E-state index in [-0.39, 0.29) is 45.8 Å². The topological polar surface area (TPSA) is 96.7 Å². The molecule has 0 atom stereocenters. The number of hydrogen-bond acceptors (Lipinski definition) is 7. The minimum atomic E-state index is -4.56. The van der Waals surface area contributed by atoms with E-state index in [2.05, 4.69) is 10.2 Å². The number of carbonyl (C=O) groups is 2. The number of aliphatic hydroxyl groups is 1. The summed E-state index contributed by atoms with van der Waals surface area (Å²) < 4.78 is 40.2. The number of piperidine rings is 1. The lowest BCUT2D eigenvalue weighted by Crippen LogP contribution is -2.47. The molecule has 0 saturated carbocycles. The van der Waals surface area contributed by atoms with Crippen LogP contribution in [0.25, 0.3) is 6.08 Å². The molecular weight excluding hydrogens is 541 g/mol. The lowest BCUT2D eigenvalue weighted by Gasteiger charge is -2.34. The highest BCUT2D eigenvalue weighted by atomic mass is 35.5. The minimum absolute atomic E-state index is 0.0118. The Morgan fingerprint density at radius 1 is 1.16 bits per heavy atom. The molecule has 4 rings (SSSR count). The van der Waals surface area contributed by atoms with Crippen molar-refractivity contribution in [1.82, 2.24) is 9.80 Å². The average Bonchev–Trinajstić information content (AvgIpc) is 3.16. The van der Waals surface area contributed by atoms with E-state index in [0.717, 1.165) is 24.0 Å². The van der Waals surface area contributed by atoms with Gasteiger partial charge in [-0.2, -0.15) is 13.2 Å². The molecule has 2 amide bonds. The molecule has 0 aliphatic carbocycles. The number of hydrogen-bond donors (Lipinski definition) is 3. The fourth-order valence-corrected chi connectivity index (χ4v) is 5.67. The molecule has 38 heavy (non-hydrogen) atoms. The van der Waals surface area contributed by atoms with Gasteiger partial charge < -0.3 is 20.7 Å². The zero-order valence-corrected chi connectivity index (χ0v) is 21.8. The summed E-state index contributed by atoms with van der Waals surface area (Å²) in [5.41, 5.74) is 0.623. The number of aliphatic hydroxyl groups excluding tert-OH is 1. The predicted molar refractivity (Wildman–Crippen MR) is 142 cm³/mol. The first-order chi connectivity index (χ1) is 18.1. The van der Waals surface area contributed by atoms with Gasteiger partial charge in [0.2, 0.25) is 0 Å². The van der Waals surface area contributed by atoms with Gasteiger partial charge in [-0.1, -0.05) is 23.7 Å². The van der Waals surface area contributed by atoms with E-state index in [1.807, 2.05) is 0 Å². The van der Waals surface area contributed by atoms with E-state index >= 15 is 0 Å². The molecule has 2 heterocycles. The van der Waals surface area contributed by atoms with E-state index in [0.29, 0.717) is 49.3 Å². The molecule has 7 nitrogen and oxygen atoms in total. The Labute approximate surface area is 227 Å². The van der Waals surface area contributed by atoms with Crippen LogP contribution in [0.2, 0.25) is 5.02 Å². The number of amides is 2. The van der Waals surface area contributed by atoms with Gasteiger partial charge in [-0.3, -0.25) is 14.5 Å². The molecule has 2 aromatic rings. The van der Waals surface area contributed by atoms with Crippen LogP contribution in [0.1, 0.15) is 35.1 Å². The van der Waals surface area contributed by atoms with Gasteiger partial charge in [0.25, 0.3) is 11.1 Å². The van der Waals surface area contributed by atoms with Crippen LogP contribution < -0.4 is 5.32 Å². The number of anilines is 1. The average molecular weight is 567 g/mol. The number of alkyl halides is 3. The third kappa shape index (κ3) is 6.40. The van der Waals surface area contributed by atoms with Crippen molar-refractivity contribution in [3.05, 3.63) is 68.6 Å². The molecule has 0 aromatic heterocycles. The van der Waals surface area contributed by atoms with E-state index in [1.54, 1.807) is 24.3 Å². The van der Waals surface area contributed by atoms with Crippen molar-refractivity contribution < 1.29 is 27.9 Å². The standard InChI is InChI=1S/C26H26ClF3N4O3S/c27-19-3-2-17(21(13-19)26(28,29)30)15-32-22-4-1-16(11-18(22)14-31)12-23-24(36)34(25(37)38-23)20-5-7-33(8-6-20)9-10-35/h1-4,11-14,20,31-32,35H,5-10,15H2. The third-order valence-corrected chi connectivity index (χ3v) is 7.66. The zero-order valence-electron chi connectivity index (χ0n) is 20.2. The monoisotopic (exact) mass is 566 g/mol. The van der Waals surface area contributed by atoms with Gasteiger partial charge >= 0.3 is 6.18 Å². The second-order valence-corrected chi connectivity index (χ2v) is 10.4. The fourth-order valence-electron chi connectivity index (χ4n) is 4.60. The zero-order chi connectivity index (χ0) is 27.4. The number of benzene rings is 2. The van der Waals surface area contributed by atoms with Crippen molar-refractivity contribution >= 4 is 52.5 Å². The van der Waals surface area contributed by atoms with Gasteiger partial charge in [-0.25, -0.2) is 0 Å². The summed E-state index contributed by atoms with van der Waals surface area (Å²) in [4.78, 5) is 29.4. The van der Waals surface area contributed by atoms with Crippen LogP contribution in [-0.2, 0) is 17.5 Å². The summed E-state index contributed by atoms with van der Waals surface area (Å²) >= 11 is 6.62. The lowest BCUT2D eigenvalue weighted by atomic mass is 10.0. The van der Waals surface area contributed by atoms with Crippen LogP contribution in [0.4, 0.5) is 23.7 Å². The van der Waals surface area contributed by atoms with Crippen molar-refractivity contribution in [2.75, 3.05) is 31.6 Å². The Hall–Kier alpha value is -2.86. The SMILES string of the molecule is N=Cc1cc(C=C2SC(=O)N(C3CCN(CCO)CC3)C2=O)ccc1NCc1ccc(Cl)cc1C(F)(F)F. The summed E-state index contributed by atoms with van der Waals surface area (Å²) in [5, 5.41) is 19.5. The smallest absolute Gasteiger partial charge is 0.395 e. The molecule has 0 bridgehead atoms. The predicted octanol–water partition coefficient (Wildman–Crippen LogP) is 5.46. The number of nitrogens with one attached hydrogen (secondary N) is 2. The second-order valence-electron chi connectivity index (χ2n) is 8.99. The number of thioether (sulfide) groups is 1. The Bertz CT molecular complexity index is 1260. The number of halogens is 4. The number of rotatable bonds is 8. The van der Waals surface area contributed by atoms with E-state index in [9.17, 15) is 22.8 Å². The van der Waals surface area contributed by atoms with E-state index in [4.69, 9.17) is 22.1 Å². The molecular formula is C26H26ClF3N4O3S. The summed E-state index contributed by atoms with van der Waals surface area (Å²) in [7, 11) is 0. The van der Waals surface area contributed by atoms with Crippen molar-refractivity contribution in [2.24, 2.45) is 0 Å². The molecule has 0 spiro atoms. The summed E-state index contributed by atoms with van der Waals surface area (Å²) in [6.07, 6.45) is -0.613. The van der Waals surface area contributed by atoms with Crippen LogP contribution in [0.5, 0.6) is 0 Å². The quantitative estimate of drug-likeness (QED) is 0.290. The van der Waals surface area contributed by atoms with Crippen molar-refractivity contribution in [3.8, 4) is 0 Å². The van der Waals surface area contributed by atoms with E-state index < -0.39 is 11.7 Å². The van der Waals surface area contributed by atoms with Crippen LogP contribution in [0, 0.1) is 5.41 Å². The molecule has 3 N–H and O–H groups in total. The van der Waals surface area contributed by atoms with Crippen LogP contribution in [-0.4, -0.2) is 64.6 Å². The highest BCUT2D eigenvalue weighted by Crippen LogP contribution is 2.37. The third-order valence-electron chi connectivity index (χ3n) is 6.54. The Morgan fingerprint density at radius 3 is 2.55 bits per heavy atom. The molecule has 2 aliphatic heterocycles. The fraction of sp³-hybridized carbons (Fsp3) is 0.346. The van der Waals surface area contributed by atoms with Crippen molar-refractivity contribution in [1.29, 1.82) is 5.41 Å². The van der Waals surface area contributed by atoms with Gasteiger partial charge in [0.15, 0.2) is 0 Å². The second kappa shape index (κ2) is 11.9. The molecule has 2 saturated heterocycles.